The molecule has 0 N–H and O–H groups in total. The number of benzene rings is 1. The van der Waals surface area contributed by atoms with Gasteiger partial charge in [0.1, 0.15) is 0 Å². The predicted octanol–water partition coefficient (Wildman–Crippen LogP) is 7.07. The van der Waals surface area contributed by atoms with Crippen LogP contribution in [-0.2, 0) is 16.0 Å². The first kappa shape index (κ1) is 25.4. The topological polar surface area (TPSA) is 43.4 Å². The molecule has 0 aromatic heterocycles. The molecule has 0 saturated carbocycles. The van der Waals surface area contributed by atoms with Crippen LogP contribution in [0.25, 0.3) is 0 Å². The summed E-state index contributed by atoms with van der Waals surface area (Å²) >= 11 is -2.58. The van der Waals surface area contributed by atoms with Gasteiger partial charge >= 0.3 is 189 Å². The Morgan fingerprint density at radius 2 is 1.60 bits per heavy atom. The first-order valence-corrected chi connectivity index (χ1v) is 20.3. The average Bonchev–Trinajstić information content (AvgIpc) is 2.78. The molecular weight excluding hydrogens is 479 g/mol. The van der Waals surface area contributed by atoms with Crippen LogP contribution in [0.3, 0.4) is 0 Å². The standard InChI is InChI=1S/C14H15O3.3C4H9.Sn/c1-9(14(16)17-2)11-8-7-10-5-3-4-6-12(10)13(11)15;3*1-3-4-2;/h3-6,9,11H,1,7-8H2,2H3;3*1,3-4H2,2H3;. The number of hydrogen-bond acceptors (Lipinski definition) is 3. The number of carbonyl (C=O) groups is 2. The number of carbonyl (C=O) groups excluding carboxylic acids is 2. The fraction of sp³-hybridized carbons (Fsp3) is 0.692. The summed E-state index contributed by atoms with van der Waals surface area (Å²) in [6, 6.07) is 7.95. The third-order valence-electron chi connectivity index (χ3n) is 7.17. The number of hydrogen-bond donors (Lipinski definition) is 0. The molecule has 30 heavy (non-hydrogen) atoms. The Morgan fingerprint density at radius 3 is 2.13 bits per heavy atom. The van der Waals surface area contributed by atoms with Crippen molar-refractivity contribution >= 4 is 30.1 Å². The normalized spacial score (nSPS) is 17.5. The zero-order chi connectivity index (χ0) is 22.0. The van der Waals surface area contributed by atoms with Crippen LogP contribution in [0.15, 0.2) is 24.3 Å². The molecule has 4 heteroatoms. The number of unbranched alkanes of at least 4 members (excludes halogenated alkanes) is 3. The molecule has 0 fully saturated rings. The summed E-state index contributed by atoms with van der Waals surface area (Å²) in [5, 5.41) is 0. The van der Waals surface area contributed by atoms with Crippen molar-refractivity contribution < 1.29 is 14.3 Å². The van der Waals surface area contributed by atoms with Gasteiger partial charge < -0.3 is 0 Å². The second-order valence-corrected chi connectivity index (χ2v) is 23.3. The van der Waals surface area contributed by atoms with Gasteiger partial charge in [0.15, 0.2) is 0 Å². The summed E-state index contributed by atoms with van der Waals surface area (Å²) in [7, 11) is 1.50. The monoisotopic (exact) mass is 522 g/mol. The Morgan fingerprint density at radius 1 is 1.03 bits per heavy atom. The summed E-state index contributed by atoms with van der Waals surface area (Å²) in [5.41, 5.74) is 1.97. The number of Topliss-reactive ketones (excluding diaryl/α,β-unsaturated/α-hetero) is 1. The molecular formula is C26H42O3Sn. The number of aryl methyl sites for hydroxylation is 1. The average molecular weight is 521 g/mol. The molecule has 2 unspecified atom stereocenters. The van der Waals surface area contributed by atoms with E-state index in [2.05, 4.69) is 26.8 Å². The minimum atomic E-state index is -2.58. The van der Waals surface area contributed by atoms with Gasteiger partial charge in [-0.15, -0.1) is 0 Å². The molecule has 1 aliphatic rings. The molecule has 2 atom stereocenters. The Labute approximate surface area is 188 Å². The van der Waals surface area contributed by atoms with Gasteiger partial charge in [-0.25, -0.2) is 0 Å². The summed E-state index contributed by atoms with van der Waals surface area (Å²) in [6.07, 6.45) is 9.16. The Kier molecular flexibility index (Phi) is 10.9. The molecule has 0 bridgehead atoms. The van der Waals surface area contributed by atoms with E-state index in [1.54, 1.807) is 0 Å². The molecule has 0 spiro atoms. The molecule has 2 rings (SSSR count). The van der Waals surface area contributed by atoms with Gasteiger partial charge in [-0.05, 0) is 0 Å². The van der Waals surface area contributed by atoms with Crippen molar-refractivity contribution in [3.05, 3.63) is 35.4 Å². The van der Waals surface area contributed by atoms with Gasteiger partial charge in [0.2, 0.25) is 0 Å². The maximum absolute atomic E-state index is 13.4. The summed E-state index contributed by atoms with van der Waals surface area (Å²) in [6.45, 7) is 6.82. The second-order valence-electron chi connectivity index (χ2n) is 9.31. The molecule has 0 aliphatic heterocycles. The van der Waals surface area contributed by atoms with Gasteiger partial charge in [-0.3, -0.25) is 0 Å². The predicted molar refractivity (Wildman–Crippen MR) is 128 cm³/mol. The van der Waals surface area contributed by atoms with Crippen LogP contribution in [0.4, 0.5) is 0 Å². The van der Waals surface area contributed by atoms with Crippen molar-refractivity contribution in [1.29, 1.82) is 0 Å². The van der Waals surface area contributed by atoms with E-state index < -0.39 is 18.4 Å². The number of rotatable bonds is 13. The van der Waals surface area contributed by atoms with Crippen molar-refractivity contribution in [2.24, 2.45) is 11.8 Å². The van der Waals surface area contributed by atoms with E-state index in [1.165, 1.54) is 58.9 Å². The molecule has 1 aromatic rings. The van der Waals surface area contributed by atoms with Crippen molar-refractivity contribution in [3.8, 4) is 0 Å². The zero-order valence-corrected chi connectivity index (χ0v) is 22.5. The third kappa shape index (κ3) is 6.58. The van der Waals surface area contributed by atoms with Crippen molar-refractivity contribution in [2.75, 3.05) is 7.11 Å². The minimum absolute atomic E-state index is 0.140. The molecule has 0 amide bonds. The molecule has 0 radical (unpaired) electrons. The van der Waals surface area contributed by atoms with E-state index in [4.69, 9.17) is 4.74 Å². The van der Waals surface area contributed by atoms with E-state index in [-0.39, 0.29) is 23.6 Å². The van der Waals surface area contributed by atoms with E-state index in [0.29, 0.717) is 0 Å². The second kappa shape index (κ2) is 12.9. The van der Waals surface area contributed by atoms with Gasteiger partial charge in [-0.1, -0.05) is 0 Å². The number of methoxy groups -OCH3 is 1. The van der Waals surface area contributed by atoms with Crippen molar-refractivity contribution in [1.82, 2.24) is 0 Å². The first-order chi connectivity index (χ1) is 14.5. The number of ketones is 1. The van der Waals surface area contributed by atoms with E-state index in [0.717, 1.165) is 28.4 Å². The molecule has 1 aliphatic carbocycles. The summed E-state index contributed by atoms with van der Waals surface area (Å²) in [4.78, 5) is 26.4. The first-order valence-electron chi connectivity index (χ1n) is 12.2. The van der Waals surface area contributed by atoms with E-state index in [1.807, 2.05) is 18.2 Å². The third-order valence-corrected chi connectivity index (χ3v) is 23.0. The van der Waals surface area contributed by atoms with Gasteiger partial charge in [0.25, 0.3) is 0 Å². The zero-order valence-electron chi connectivity index (χ0n) is 19.7. The van der Waals surface area contributed by atoms with E-state index in [9.17, 15) is 9.59 Å². The van der Waals surface area contributed by atoms with Gasteiger partial charge in [-0.2, -0.15) is 0 Å². The molecule has 3 nitrogen and oxygen atoms in total. The van der Waals surface area contributed by atoms with Crippen molar-refractivity contribution in [3.63, 3.8) is 0 Å². The summed E-state index contributed by atoms with van der Waals surface area (Å²) in [5.74, 6) is -0.405. The van der Waals surface area contributed by atoms with Crippen LogP contribution in [0.1, 0.15) is 81.6 Å². The Bertz CT molecular complexity index is 663. The van der Waals surface area contributed by atoms with Crippen LogP contribution >= 0.6 is 0 Å². The molecule has 0 saturated heterocycles. The van der Waals surface area contributed by atoms with Gasteiger partial charge in [0, 0.05) is 0 Å². The van der Waals surface area contributed by atoms with Crippen LogP contribution in [-0.4, -0.2) is 37.2 Å². The van der Waals surface area contributed by atoms with Crippen LogP contribution in [0.2, 0.25) is 17.7 Å². The Hall–Kier alpha value is -0.841. The number of ether oxygens (including phenoxy) is 1. The maximum atomic E-state index is 13.4. The fourth-order valence-corrected chi connectivity index (χ4v) is 22.6. The van der Waals surface area contributed by atoms with Gasteiger partial charge in [0.05, 0.1) is 0 Å². The number of esters is 1. The van der Waals surface area contributed by atoms with Crippen LogP contribution in [0.5, 0.6) is 0 Å². The van der Waals surface area contributed by atoms with Crippen molar-refractivity contribution in [2.45, 2.75) is 89.9 Å². The molecule has 1 aromatic carbocycles. The quantitative estimate of drug-likeness (QED) is 0.206. The SMILES string of the molecule is CCC[CH2][Sn]([CH2]CCC)([CH2]CCC)[CH2]C(C(=O)OC)C1CCc2ccccc2C1=O. The van der Waals surface area contributed by atoms with Crippen LogP contribution < -0.4 is 0 Å². The van der Waals surface area contributed by atoms with E-state index >= 15 is 0 Å². The van der Waals surface area contributed by atoms with Crippen LogP contribution in [0, 0.1) is 11.8 Å². The summed E-state index contributed by atoms with van der Waals surface area (Å²) < 4.78 is 10.4. The molecule has 0 heterocycles. The Balaban J connectivity index is 2.35. The fourth-order valence-electron chi connectivity index (χ4n) is 5.35. The molecule has 168 valence electrons. The number of fused-ring (bicyclic) bond motifs is 1.